The summed E-state index contributed by atoms with van der Waals surface area (Å²) in [5, 5.41) is 0. The molecule has 3 aromatic rings. The molecule has 4 rings (SSSR count). The molecule has 1 saturated heterocycles. The minimum atomic E-state index is 0.0710. The van der Waals surface area contributed by atoms with Crippen LogP contribution in [-0.2, 0) is 0 Å². The highest BCUT2D eigenvalue weighted by atomic mass is 79.9. The van der Waals surface area contributed by atoms with Crippen LogP contribution in [0.4, 0.5) is 5.82 Å². The van der Waals surface area contributed by atoms with E-state index in [2.05, 4.69) is 30.8 Å². The topological polar surface area (TPSA) is 54.3 Å². The summed E-state index contributed by atoms with van der Waals surface area (Å²) in [5.74, 6) is 1.80. The number of hydrogen-bond acceptors (Lipinski definition) is 4. The second kappa shape index (κ2) is 7.29. The smallest absolute Gasteiger partial charge is 0.254 e. The van der Waals surface area contributed by atoms with Gasteiger partial charge in [0.05, 0.1) is 0 Å². The monoisotopic (exact) mass is 411 g/mol. The van der Waals surface area contributed by atoms with Gasteiger partial charge in [0, 0.05) is 54.7 Å². The van der Waals surface area contributed by atoms with E-state index in [1.807, 2.05) is 64.3 Å². The van der Waals surface area contributed by atoms with Crippen molar-refractivity contribution in [2.75, 3.05) is 31.1 Å². The quantitative estimate of drug-likeness (QED) is 0.664. The highest BCUT2D eigenvalue weighted by molar-refractivity contribution is 9.10. The first-order valence-electron chi connectivity index (χ1n) is 8.46. The second-order valence-corrected chi connectivity index (χ2v) is 7.03. The molecule has 1 aromatic carbocycles. The Hall–Kier alpha value is -2.67. The summed E-state index contributed by atoms with van der Waals surface area (Å²) in [5.41, 5.74) is 0.713. The van der Waals surface area contributed by atoms with Gasteiger partial charge in [0.2, 0.25) is 0 Å². The van der Waals surface area contributed by atoms with Crippen molar-refractivity contribution in [3.05, 3.63) is 71.2 Å². The molecule has 6 nitrogen and oxygen atoms in total. The van der Waals surface area contributed by atoms with Crippen LogP contribution in [0.3, 0.4) is 0 Å². The number of nitrogens with zero attached hydrogens (tertiary/aromatic N) is 5. The van der Waals surface area contributed by atoms with Crippen molar-refractivity contribution in [3.8, 4) is 5.82 Å². The Morgan fingerprint density at radius 2 is 1.65 bits per heavy atom. The summed E-state index contributed by atoms with van der Waals surface area (Å²) >= 11 is 3.42. The number of carbonyl (C=O) groups excluding carboxylic acids is 1. The average Bonchev–Trinajstić information content (AvgIpc) is 3.23. The fourth-order valence-corrected chi connectivity index (χ4v) is 3.48. The number of hydrogen-bond donors (Lipinski definition) is 0. The number of piperazine rings is 1. The van der Waals surface area contributed by atoms with Crippen LogP contribution < -0.4 is 4.90 Å². The molecule has 0 atom stereocenters. The maximum absolute atomic E-state index is 12.7. The molecule has 1 amide bonds. The highest BCUT2D eigenvalue weighted by Crippen LogP contribution is 2.18. The fourth-order valence-electron chi connectivity index (χ4n) is 3.08. The predicted molar refractivity (Wildman–Crippen MR) is 104 cm³/mol. The first kappa shape index (κ1) is 16.8. The van der Waals surface area contributed by atoms with Crippen LogP contribution in [0.15, 0.2) is 65.7 Å². The minimum absolute atomic E-state index is 0.0710. The van der Waals surface area contributed by atoms with Crippen molar-refractivity contribution >= 4 is 27.7 Å². The summed E-state index contributed by atoms with van der Waals surface area (Å²) in [6, 6.07) is 13.4. The van der Waals surface area contributed by atoms with E-state index in [9.17, 15) is 4.79 Å². The number of halogens is 1. The lowest BCUT2D eigenvalue weighted by molar-refractivity contribution is 0.0746. The molecule has 0 radical (unpaired) electrons. The van der Waals surface area contributed by atoms with Gasteiger partial charge in [-0.05, 0) is 30.3 Å². The maximum Gasteiger partial charge on any atom is 0.254 e. The van der Waals surface area contributed by atoms with E-state index in [4.69, 9.17) is 0 Å². The molecule has 0 spiro atoms. The van der Waals surface area contributed by atoms with E-state index in [0.717, 1.165) is 29.2 Å². The summed E-state index contributed by atoms with van der Waals surface area (Å²) < 4.78 is 2.87. The minimum Gasteiger partial charge on any atom is -0.353 e. The molecule has 2 aromatic heterocycles. The normalized spacial score (nSPS) is 14.5. The van der Waals surface area contributed by atoms with Gasteiger partial charge < -0.3 is 14.4 Å². The molecule has 0 saturated carbocycles. The van der Waals surface area contributed by atoms with Crippen LogP contribution in [0.2, 0.25) is 0 Å². The standard InChI is InChI=1S/C19H18BrN5O/c20-16-5-3-4-15(12-16)19(26)25-10-8-24(9-11-25)18-13-17(21-14-22-18)23-6-1-2-7-23/h1-7,12-14H,8-11H2. The van der Waals surface area contributed by atoms with E-state index in [1.165, 1.54) is 0 Å². The molecule has 1 aliphatic rings. The van der Waals surface area contributed by atoms with E-state index in [1.54, 1.807) is 6.33 Å². The molecule has 0 unspecified atom stereocenters. The van der Waals surface area contributed by atoms with Gasteiger partial charge >= 0.3 is 0 Å². The van der Waals surface area contributed by atoms with Gasteiger partial charge in [0.25, 0.3) is 5.91 Å². The molecule has 3 heterocycles. The van der Waals surface area contributed by atoms with Gasteiger partial charge in [-0.1, -0.05) is 22.0 Å². The fraction of sp³-hybridized carbons (Fsp3) is 0.211. The molecule has 1 fully saturated rings. The number of rotatable bonds is 3. The largest absolute Gasteiger partial charge is 0.353 e. The molecule has 132 valence electrons. The lowest BCUT2D eigenvalue weighted by Gasteiger charge is -2.35. The molecular formula is C19H18BrN5O. The van der Waals surface area contributed by atoms with Crippen molar-refractivity contribution in [3.63, 3.8) is 0 Å². The SMILES string of the molecule is O=C(c1cccc(Br)c1)N1CCN(c2cc(-n3cccc3)ncn2)CC1. The molecular weight excluding hydrogens is 394 g/mol. The van der Waals surface area contributed by atoms with Gasteiger partial charge in [-0.25, -0.2) is 9.97 Å². The van der Waals surface area contributed by atoms with E-state index >= 15 is 0 Å². The third-order valence-corrected chi connectivity index (χ3v) is 4.96. The van der Waals surface area contributed by atoms with Crippen LogP contribution in [0.25, 0.3) is 5.82 Å². The Morgan fingerprint density at radius 1 is 0.923 bits per heavy atom. The van der Waals surface area contributed by atoms with Crippen LogP contribution >= 0.6 is 15.9 Å². The Bertz CT molecular complexity index is 904. The van der Waals surface area contributed by atoms with E-state index in [0.29, 0.717) is 18.7 Å². The van der Waals surface area contributed by atoms with Crippen LogP contribution in [-0.4, -0.2) is 51.5 Å². The number of amides is 1. The predicted octanol–water partition coefficient (Wildman–Crippen LogP) is 2.99. The van der Waals surface area contributed by atoms with Crippen molar-refractivity contribution in [1.29, 1.82) is 0 Å². The van der Waals surface area contributed by atoms with Crippen molar-refractivity contribution in [2.45, 2.75) is 0 Å². The van der Waals surface area contributed by atoms with Gasteiger partial charge in [0.15, 0.2) is 0 Å². The van der Waals surface area contributed by atoms with Crippen molar-refractivity contribution in [1.82, 2.24) is 19.4 Å². The Balaban J connectivity index is 1.44. The van der Waals surface area contributed by atoms with Crippen LogP contribution in [0.1, 0.15) is 10.4 Å². The zero-order chi connectivity index (χ0) is 17.9. The number of benzene rings is 1. The van der Waals surface area contributed by atoms with Crippen LogP contribution in [0, 0.1) is 0 Å². The summed E-state index contributed by atoms with van der Waals surface area (Å²) in [7, 11) is 0. The third kappa shape index (κ3) is 3.48. The first-order chi connectivity index (χ1) is 12.7. The summed E-state index contributed by atoms with van der Waals surface area (Å²) in [6.45, 7) is 2.85. The number of anilines is 1. The zero-order valence-corrected chi connectivity index (χ0v) is 15.7. The summed E-state index contributed by atoms with van der Waals surface area (Å²) in [4.78, 5) is 25.5. The van der Waals surface area contributed by atoms with Gasteiger partial charge in [-0.2, -0.15) is 0 Å². The Kier molecular flexibility index (Phi) is 4.71. The van der Waals surface area contributed by atoms with Gasteiger partial charge in [-0.3, -0.25) is 4.79 Å². The van der Waals surface area contributed by atoms with E-state index in [-0.39, 0.29) is 5.91 Å². The summed E-state index contributed by atoms with van der Waals surface area (Å²) in [6.07, 6.45) is 5.51. The number of carbonyl (C=O) groups is 1. The lowest BCUT2D eigenvalue weighted by Crippen LogP contribution is -2.49. The second-order valence-electron chi connectivity index (χ2n) is 6.11. The third-order valence-electron chi connectivity index (χ3n) is 4.47. The average molecular weight is 412 g/mol. The molecule has 0 bridgehead atoms. The lowest BCUT2D eigenvalue weighted by atomic mass is 10.2. The molecule has 26 heavy (non-hydrogen) atoms. The highest BCUT2D eigenvalue weighted by Gasteiger charge is 2.23. The van der Waals surface area contributed by atoms with Gasteiger partial charge in [0.1, 0.15) is 18.0 Å². The van der Waals surface area contributed by atoms with Gasteiger partial charge in [-0.15, -0.1) is 0 Å². The Morgan fingerprint density at radius 3 is 2.38 bits per heavy atom. The molecule has 1 aliphatic heterocycles. The molecule has 7 heteroatoms. The maximum atomic E-state index is 12.7. The van der Waals surface area contributed by atoms with E-state index < -0.39 is 0 Å². The van der Waals surface area contributed by atoms with Crippen molar-refractivity contribution in [2.24, 2.45) is 0 Å². The molecule has 0 N–H and O–H groups in total. The molecule has 0 aliphatic carbocycles. The number of aromatic nitrogens is 3. The Labute approximate surface area is 160 Å². The van der Waals surface area contributed by atoms with Crippen LogP contribution in [0.5, 0.6) is 0 Å². The zero-order valence-electron chi connectivity index (χ0n) is 14.1. The first-order valence-corrected chi connectivity index (χ1v) is 9.25. The van der Waals surface area contributed by atoms with Crippen molar-refractivity contribution < 1.29 is 4.79 Å².